The van der Waals surface area contributed by atoms with Crippen LogP contribution in [0.25, 0.3) is 0 Å². The molecule has 0 bridgehead atoms. The predicted molar refractivity (Wildman–Crippen MR) is 82.0 cm³/mol. The summed E-state index contributed by atoms with van der Waals surface area (Å²) >= 11 is 0. The third kappa shape index (κ3) is 3.95. The highest BCUT2D eigenvalue weighted by Gasteiger charge is 2.38. The van der Waals surface area contributed by atoms with Gasteiger partial charge in [-0.2, -0.15) is 0 Å². The SMILES string of the molecule is CN(C)C1(CNCCOc2ccc(C(=O)O)cc2)CCC1. The molecular weight excluding hydrogens is 268 g/mol. The van der Waals surface area contributed by atoms with E-state index in [-0.39, 0.29) is 5.56 Å². The molecule has 1 saturated carbocycles. The molecule has 1 aromatic rings. The molecule has 0 heterocycles. The van der Waals surface area contributed by atoms with E-state index in [9.17, 15) is 4.79 Å². The number of carboxylic acid groups (broad SMARTS) is 1. The van der Waals surface area contributed by atoms with Crippen LogP contribution in [0.1, 0.15) is 29.6 Å². The Morgan fingerprint density at radius 2 is 2.00 bits per heavy atom. The number of hydrogen-bond acceptors (Lipinski definition) is 4. The second-order valence-corrected chi connectivity index (χ2v) is 5.83. The Bertz CT molecular complexity index is 467. The summed E-state index contributed by atoms with van der Waals surface area (Å²) < 4.78 is 5.60. The van der Waals surface area contributed by atoms with Gasteiger partial charge in [-0.25, -0.2) is 4.79 Å². The zero-order valence-corrected chi connectivity index (χ0v) is 12.8. The number of rotatable bonds is 8. The Kier molecular flexibility index (Phi) is 5.20. The van der Waals surface area contributed by atoms with Crippen LogP contribution in [0.5, 0.6) is 5.75 Å². The number of benzene rings is 1. The van der Waals surface area contributed by atoms with Crippen molar-refractivity contribution < 1.29 is 14.6 Å². The van der Waals surface area contributed by atoms with Gasteiger partial charge in [0.2, 0.25) is 0 Å². The zero-order valence-electron chi connectivity index (χ0n) is 12.8. The zero-order chi connectivity index (χ0) is 15.3. The molecule has 21 heavy (non-hydrogen) atoms. The quantitative estimate of drug-likeness (QED) is 0.716. The van der Waals surface area contributed by atoms with Crippen LogP contribution in [-0.2, 0) is 0 Å². The minimum absolute atomic E-state index is 0.276. The Hall–Kier alpha value is -1.59. The van der Waals surface area contributed by atoms with E-state index >= 15 is 0 Å². The van der Waals surface area contributed by atoms with Crippen LogP contribution in [0, 0.1) is 0 Å². The van der Waals surface area contributed by atoms with Crippen molar-refractivity contribution in [1.82, 2.24) is 10.2 Å². The van der Waals surface area contributed by atoms with Gasteiger partial charge in [0.1, 0.15) is 12.4 Å². The maximum Gasteiger partial charge on any atom is 0.335 e. The first kappa shape index (κ1) is 15.8. The average molecular weight is 292 g/mol. The molecule has 0 radical (unpaired) electrons. The van der Waals surface area contributed by atoms with Crippen LogP contribution >= 0.6 is 0 Å². The smallest absolute Gasteiger partial charge is 0.335 e. The molecule has 116 valence electrons. The molecule has 1 aliphatic rings. The van der Waals surface area contributed by atoms with Gasteiger partial charge >= 0.3 is 5.97 Å². The number of ether oxygens (including phenoxy) is 1. The van der Waals surface area contributed by atoms with Gasteiger partial charge in [-0.1, -0.05) is 0 Å². The van der Waals surface area contributed by atoms with Crippen molar-refractivity contribution in [3.05, 3.63) is 29.8 Å². The number of likely N-dealkylation sites (N-methyl/N-ethyl adjacent to an activating group) is 1. The summed E-state index contributed by atoms with van der Waals surface area (Å²) in [5.41, 5.74) is 0.599. The minimum atomic E-state index is -0.919. The van der Waals surface area contributed by atoms with E-state index in [2.05, 4.69) is 24.3 Å². The molecule has 1 aromatic carbocycles. The molecule has 0 amide bonds. The Morgan fingerprint density at radius 1 is 1.33 bits per heavy atom. The monoisotopic (exact) mass is 292 g/mol. The van der Waals surface area contributed by atoms with E-state index in [1.165, 1.54) is 19.3 Å². The molecule has 0 aromatic heterocycles. The van der Waals surface area contributed by atoms with Crippen molar-refractivity contribution in [3.63, 3.8) is 0 Å². The highest BCUT2D eigenvalue weighted by molar-refractivity contribution is 5.87. The van der Waals surface area contributed by atoms with E-state index in [0.29, 0.717) is 17.9 Å². The van der Waals surface area contributed by atoms with Crippen LogP contribution < -0.4 is 10.1 Å². The summed E-state index contributed by atoms with van der Waals surface area (Å²) in [6.07, 6.45) is 3.82. The van der Waals surface area contributed by atoms with Gasteiger partial charge in [0, 0.05) is 18.6 Å². The lowest BCUT2D eigenvalue weighted by Crippen LogP contribution is -2.56. The Morgan fingerprint density at radius 3 is 2.48 bits per heavy atom. The van der Waals surface area contributed by atoms with Gasteiger partial charge in [0.25, 0.3) is 0 Å². The first-order valence-corrected chi connectivity index (χ1v) is 7.38. The summed E-state index contributed by atoms with van der Waals surface area (Å²) in [6, 6.07) is 6.49. The number of aromatic carboxylic acids is 1. The first-order valence-electron chi connectivity index (χ1n) is 7.38. The number of carbonyl (C=O) groups is 1. The fourth-order valence-corrected chi connectivity index (χ4v) is 2.62. The fraction of sp³-hybridized carbons (Fsp3) is 0.562. The van der Waals surface area contributed by atoms with E-state index in [1.807, 2.05) is 0 Å². The van der Waals surface area contributed by atoms with Gasteiger partial charge in [-0.3, -0.25) is 0 Å². The van der Waals surface area contributed by atoms with Gasteiger partial charge in [0.15, 0.2) is 0 Å². The van der Waals surface area contributed by atoms with Gasteiger partial charge in [-0.05, 0) is 57.6 Å². The molecule has 0 unspecified atom stereocenters. The van der Waals surface area contributed by atoms with Crippen molar-refractivity contribution >= 4 is 5.97 Å². The number of hydrogen-bond donors (Lipinski definition) is 2. The van der Waals surface area contributed by atoms with E-state index in [0.717, 1.165) is 13.1 Å². The minimum Gasteiger partial charge on any atom is -0.492 e. The van der Waals surface area contributed by atoms with Crippen molar-refractivity contribution in [2.24, 2.45) is 0 Å². The lowest BCUT2D eigenvalue weighted by Gasteiger charge is -2.47. The molecule has 1 fully saturated rings. The molecule has 5 nitrogen and oxygen atoms in total. The standard InChI is InChI=1S/C16H24N2O3/c1-18(2)16(8-3-9-16)12-17-10-11-21-14-6-4-13(5-7-14)15(19)20/h4-7,17H,3,8-12H2,1-2H3,(H,19,20). The van der Waals surface area contributed by atoms with Crippen LogP contribution in [0.15, 0.2) is 24.3 Å². The topological polar surface area (TPSA) is 61.8 Å². The lowest BCUT2D eigenvalue weighted by molar-refractivity contribution is 0.0594. The maximum absolute atomic E-state index is 10.7. The molecule has 5 heteroatoms. The Labute approximate surface area is 125 Å². The molecular formula is C16H24N2O3. The van der Waals surface area contributed by atoms with Gasteiger partial charge in [0.05, 0.1) is 5.56 Å². The maximum atomic E-state index is 10.7. The van der Waals surface area contributed by atoms with Crippen LogP contribution in [0.3, 0.4) is 0 Å². The highest BCUT2D eigenvalue weighted by atomic mass is 16.5. The highest BCUT2D eigenvalue weighted by Crippen LogP contribution is 2.35. The predicted octanol–water partition coefficient (Wildman–Crippen LogP) is 1.84. The summed E-state index contributed by atoms with van der Waals surface area (Å²) in [5.74, 6) is -0.217. The summed E-state index contributed by atoms with van der Waals surface area (Å²) in [4.78, 5) is 13.1. The van der Waals surface area contributed by atoms with E-state index in [4.69, 9.17) is 9.84 Å². The fourth-order valence-electron chi connectivity index (χ4n) is 2.62. The number of nitrogens with zero attached hydrogens (tertiary/aromatic N) is 1. The molecule has 0 aliphatic heterocycles. The molecule has 1 aliphatic carbocycles. The Balaban J connectivity index is 1.67. The molecule has 2 N–H and O–H groups in total. The van der Waals surface area contributed by atoms with Crippen molar-refractivity contribution in [3.8, 4) is 5.75 Å². The third-order valence-corrected chi connectivity index (χ3v) is 4.34. The molecule has 0 spiro atoms. The third-order valence-electron chi connectivity index (χ3n) is 4.34. The summed E-state index contributed by atoms with van der Waals surface area (Å²) in [7, 11) is 4.28. The van der Waals surface area contributed by atoms with Crippen LogP contribution in [-0.4, -0.2) is 55.3 Å². The second kappa shape index (κ2) is 6.91. The molecule has 0 saturated heterocycles. The van der Waals surface area contributed by atoms with E-state index < -0.39 is 5.97 Å². The molecule has 0 atom stereocenters. The van der Waals surface area contributed by atoms with Crippen LogP contribution in [0.2, 0.25) is 0 Å². The average Bonchev–Trinajstić information content (AvgIpc) is 2.41. The summed E-state index contributed by atoms with van der Waals surface area (Å²) in [6.45, 7) is 2.35. The normalized spacial score (nSPS) is 16.5. The van der Waals surface area contributed by atoms with E-state index in [1.54, 1.807) is 24.3 Å². The largest absolute Gasteiger partial charge is 0.492 e. The van der Waals surface area contributed by atoms with Crippen molar-refractivity contribution in [2.45, 2.75) is 24.8 Å². The lowest BCUT2D eigenvalue weighted by atomic mass is 9.75. The summed E-state index contributed by atoms with van der Waals surface area (Å²) in [5, 5.41) is 12.3. The number of nitrogens with one attached hydrogen (secondary N) is 1. The van der Waals surface area contributed by atoms with Crippen LogP contribution in [0.4, 0.5) is 0 Å². The van der Waals surface area contributed by atoms with Crippen molar-refractivity contribution in [1.29, 1.82) is 0 Å². The number of carboxylic acids is 1. The second-order valence-electron chi connectivity index (χ2n) is 5.83. The molecule has 2 rings (SSSR count). The van der Waals surface area contributed by atoms with Crippen molar-refractivity contribution in [2.75, 3.05) is 33.8 Å². The van der Waals surface area contributed by atoms with Gasteiger partial charge in [-0.15, -0.1) is 0 Å². The first-order chi connectivity index (χ1) is 10.0. The van der Waals surface area contributed by atoms with Gasteiger partial charge < -0.3 is 20.1 Å².